The highest BCUT2D eigenvalue weighted by Crippen LogP contribution is 2.38. The number of nitrogens with one attached hydrogen (secondary N) is 1. The lowest BCUT2D eigenvalue weighted by Crippen LogP contribution is -2.15. The van der Waals surface area contributed by atoms with Crippen LogP contribution in [-0.2, 0) is 20.2 Å². The van der Waals surface area contributed by atoms with Gasteiger partial charge in [0, 0.05) is 16.2 Å². The maximum atomic E-state index is 13.3. The highest BCUT2D eigenvalue weighted by Gasteiger charge is 2.24. The Morgan fingerprint density at radius 3 is 2.26 bits per heavy atom. The number of furan rings is 1. The zero-order valence-corrected chi connectivity index (χ0v) is 20.9. The van der Waals surface area contributed by atoms with E-state index in [9.17, 15) is 13.2 Å². The van der Waals surface area contributed by atoms with Gasteiger partial charge in [-0.1, -0.05) is 64.1 Å². The minimum Gasteiger partial charge on any atom is -0.462 e. The molecule has 0 aliphatic carbocycles. The van der Waals surface area contributed by atoms with Crippen molar-refractivity contribution in [2.24, 2.45) is 0 Å². The summed E-state index contributed by atoms with van der Waals surface area (Å²) < 4.78 is 40.6. The molecule has 0 atom stereocenters. The third-order valence-corrected chi connectivity index (χ3v) is 7.17. The minimum absolute atomic E-state index is 0.0844. The molecule has 4 aromatic rings. The fourth-order valence-corrected chi connectivity index (χ4v) is 5.05. The molecule has 0 amide bonds. The molecule has 1 aromatic heterocycles. The number of rotatable bonds is 6. The predicted octanol–water partition coefficient (Wildman–Crippen LogP) is 6.56. The van der Waals surface area contributed by atoms with Gasteiger partial charge in [-0.05, 0) is 42.5 Å². The number of carbonyl (C=O) groups is 1. The van der Waals surface area contributed by atoms with Crippen LogP contribution in [0.2, 0.25) is 0 Å². The number of ether oxygens (including phenoxy) is 1. The van der Waals surface area contributed by atoms with Crippen LogP contribution in [0, 0.1) is 6.92 Å². The number of anilines is 1. The second-order valence-electron chi connectivity index (χ2n) is 9.40. The monoisotopic (exact) mass is 479 g/mol. The Hall–Kier alpha value is -3.32. The van der Waals surface area contributed by atoms with E-state index in [2.05, 4.69) is 25.5 Å². The lowest BCUT2D eigenvalue weighted by molar-refractivity contribution is 0.0505. The third-order valence-electron chi connectivity index (χ3n) is 5.79. The van der Waals surface area contributed by atoms with E-state index in [0.29, 0.717) is 51.8 Å². The average molecular weight is 480 g/mol. The molecule has 6 nitrogen and oxygen atoms in total. The summed E-state index contributed by atoms with van der Waals surface area (Å²) in [5, 5.41) is 1.89. The molecule has 0 saturated heterocycles. The standard InChI is InChI=1S/C27H29NO5S/c1-6-15-32-26(29)24-17(2)33-25-21-10-8-7-9-20(21)23(16-22(24)25)28-34(30,31)19-13-11-18(12-14-19)27(3,4)5/h7-14,16,28H,6,15H2,1-5H3. The number of carbonyl (C=O) groups excluding carboxylic acids is 1. The summed E-state index contributed by atoms with van der Waals surface area (Å²) in [5.74, 6) is -0.0565. The van der Waals surface area contributed by atoms with E-state index in [4.69, 9.17) is 9.15 Å². The number of hydrogen-bond donors (Lipinski definition) is 1. The Kier molecular flexibility index (Phi) is 6.16. The lowest BCUT2D eigenvalue weighted by atomic mass is 9.87. The van der Waals surface area contributed by atoms with Crippen LogP contribution in [0.15, 0.2) is 63.9 Å². The van der Waals surface area contributed by atoms with Crippen LogP contribution in [0.4, 0.5) is 5.69 Å². The zero-order chi connectivity index (χ0) is 24.7. The Labute approximate surface area is 200 Å². The molecule has 34 heavy (non-hydrogen) atoms. The molecule has 1 heterocycles. The van der Waals surface area contributed by atoms with Crippen LogP contribution in [0.25, 0.3) is 21.7 Å². The SMILES string of the molecule is CCCOC(=O)c1c(C)oc2c1cc(NS(=O)(=O)c1ccc(C(C)(C)C)cc1)c1ccccc12. The number of benzene rings is 3. The summed E-state index contributed by atoms with van der Waals surface area (Å²) in [6.45, 7) is 10.1. The molecule has 4 rings (SSSR count). The van der Waals surface area contributed by atoms with E-state index in [1.807, 2.05) is 43.3 Å². The van der Waals surface area contributed by atoms with Gasteiger partial charge >= 0.3 is 5.97 Å². The van der Waals surface area contributed by atoms with Crippen molar-refractivity contribution >= 4 is 43.4 Å². The summed E-state index contributed by atoms with van der Waals surface area (Å²) >= 11 is 0. The highest BCUT2D eigenvalue weighted by atomic mass is 32.2. The summed E-state index contributed by atoms with van der Waals surface area (Å²) in [4.78, 5) is 12.9. The van der Waals surface area contributed by atoms with Gasteiger partial charge < -0.3 is 9.15 Å². The second-order valence-corrected chi connectivity index (χ2v) is 11.1. The molecule has 0 aliphatic heterocycles. The van der Waals surface area contributed by atoms with Crippen LogP contribution >= 0.6 is 0 Å². The molecule has 178 valence electrons. The summed E-state index contributed by atoms with van der Waals surface area (Å²) in [6.07, 6.45) is 0.697. The predicted molar refractivity (Wildman–Crippen MR) is 135 cm³/mol. The molecule has 7 heteroatoms. The molecule has 3 aromatic carbocycles. The van der Waals surface area contributed by atoms with Crippen LogP contribution < -0.4 is 4.72 Å². The Balaban J connectivity index is 1.83. The van der Waals surface area contributed by atoms with Gasteiger partial charge in [0.15, 0.2) is 0 Å². The van der Waals surface area contributed by atoms with Gasteiger partial charge in [0.05, 0.1) is 17.2 Å². The second kappa shape index (κ2) is 8.80. The molecule has 0 radical (unpaired) electrons. The molecule has 0 fully saturated rings. The first kappa shape index (κ1) is 23.8. The normalized spacial score (nSPS) is 12.3. The van der Waals surface area contributed by atoms with Crippen molar-refractivity contribution in [3.05, 3.63) is 71.5 Å². The van der Waals surface area contributed by atoms with Crippen molar-refractivity contribution in [2.45, 2.75) is 51.3 Å². The number of sulfonamides is 1. The minimum atomic E-state index is -3.87. The Morgan fingerprint density at radius 2 is 1.65 bits per heavy atom. The first-order valence-electron chi connectivity index (χ1n) is 11.3. The lowest BCUT2D eigenvalue weighted by Gasteiger charge is -2.19. The van der Waals surface area contributed by atoms with Gasteiger partial charge in [-0.25, -0.2) is 13.2 Å². The fraction of sp³-hybridized carbons (Fsp3) is 0.296. The maximum absolute atomic E-state index is 13.3. The number of fused-ring (bicyclic) bond motifs is 3. The van der Waals surface area contributed by atoms with Crippen LogP contribution in [0.3, 0.4) is 0 Å². The smallest absolute Gasteiger partial charge is 0.342 e. The van der Waals surface area contributed by atoms with E-state index >= 15 is 0 Å². The largest absolute Gasteiger partial charge is 0.462 e. The summed E-state index contributed by atoms with van der Waals surface area (Å²) in [6, 6.07) is 15.9. The number of esters is 1. The zero-order valence-electron chi connectivity index (χ0n) is 20.1. The quantitative estimate of drug-likeness (QED) is 0.317. The first-order valence-corrected chi connectivity index (χ1v) is 12.8. The summed E-state index contributed by atoms with van der Waals surface area (Å²) in [5.41, 5.74) is 2.16. The molecule has 0 unspecified atom stereocenters. The van der Waals surface area contributed by atoms with Crippen molar-refractivity contribution in [3.63, 3.8) is 0 Å². The van der Waals surface area contributed by atoms with E-state index in [-0.39, 0.29) is 10.3 Å². The number of aryl methyl sites for hydroxylation is 1. The van der Waals surface area contributed by atoms with Crippen molar-refractivity contribution in [3.8, 4) is 0 Å². The van der Waals surface area contributed by atoms with Gasteiger partial charge in [0.1, 0.15) is 16.9 Å². The average Bonchev–Trinajstić information content (AvgIpc) is 3.13. The topological polar surface area (TPSA) is 85.6 Å². The maximum Gasteiger partial charge on any atom is 0.342 e. The Morgan fingerprint density at radius 1 is 1.00 bits per heavy atom. The van der Waals surface area contributed by atoms with Crippen molar-refractivity contribution in [1.82, 2.24) is 0 Å². The van der Waals surface area contributed by atoms with E-state index in [1.54, 1.807) is 25.1 Å². The summed E-state index contributed by atoms with van der Waals surface area (Å²) in [7, 11) is -3.87. The van der Waals surface area contributed by atoms with Gasteiger partial charge in [-0.15, -0.1) is 0 Å². The van der Waals surface area contributed by atoms with Gasteiger partial charge in [0.2, 0.25) is 0 Å². The van der Waals surface area contributed by atoms with Crippen molar-refractivity contribution < 1.29 is 22.4 Å². The van der Waals surface area contributed by atoms with Gasteiger partial charge in [-0.2, -0.15) is 0 Å². The van der Waals surface area contributed by atoms with E-state index in [0.717, 1.165) is 5.56 Å². The highest BCUT2D eigenvalue weighted by molar-refractivity contribution is 7.92. The Bertz CT molecular complexity index is 1480. The third kappa shape index (κ3) is 4.40. The first-order chi connectivity index (χ1) is 16.0. The molecule has 0 saturated carbocycles. The van der Waals surface area contributed by atoms with Gasteiger partial charge in [0.25, 0.3) is 10.0 Å². The van der Waals surface area contributed by atoms with E-state index in [1.165, 1.54) is 0 Å². The van der Waals surface area contributed by atoms with E-state index < -0.39 is 16.0 Å². The molecule has 0 bridgehead atoms. The van der Waals surface area contributed by atoms with Crippen LogP contribution in [0.1, 0.15) is 55.8 Å². The molecular formula is C27H29NO5S. The van der Waals surface area contributed by atoms with Crippen molar-refractivity contribution in [2.75, 3.05) is 11.3 Å². The fourth-order valence-electron chi connectivity index (χ4n) is 3.98. The van der Waals surface area contributed by atoms with Crippen LogP contribution in [-0.4, -0.2) is 21.0 Å². The number of hydrogen-bond acceptors (Lipinski definition) is 5. The van der Waals surface area contributed by atoms with Gasteiger partial charge in [-0.3, -0.25) is 4.72 Å². The molecule has 0 spiro atoms. The molecule has 1 N–H and O–H groups in total. The molecule has 0 aliphatic rings. The molecular weight excluding hydrogens is 450 g/mol. The van der Waals surface area contributed by atoms with Crippen LogP contribution in [0.5, 0.6) is 0 Å². The van der Waals surface area contributed by atoms with Crippen molar-refractivity contribution in [1.29, 1.82) is 0 Å².